The Bertz CT molecular complexity index is 484. The molecular weight excluding hydrogens is 337 g/mol. The Labute approximate surface area is 151 Å². The molecule has 0 fully saturated rings. The third kappa shape index (κ3) is 7.45. The quantitative estimate of drug-likeness (QED) is 0.609. The molecular formula is C18H18O2Y-2. The molecule has 2 aromatic rings. The van der Waals surface area contributed by atoms with Gasteiger partial charge in [0, 0.05) is 43.8 Å². The fourth-order valence-electron chi connectivity index (χ4n) is 1.54. The summed E-state index contributed by atoms with van der Waals surface area (Å²) in [7, 11) is 0. The van der Waals surface area contributed by atoms with E-state index in [-0.39, 0.29) is 44.3 Å². The minimum Gasteiger partial charge on any atom is -0.336 e. The number of Topliss-reactive ketones (excluding diaryl/α,β-unsaturated/α-hetero) is 2. The maximum atomic E-state index is 11.0. The SMILES string of the molecule is [CH2-]CC(=O)c1ccccc1.[CH2-]CC(=O)c1ccccc1.[Y]. The van der Waals surface area contributed by atoms with Crippen molar-refractivity contribution >= 4 is 11.6 Å². The van der Waals surface area contributed by atoms with Crippen molar-refractivity contribution in [3.63, 3.8) is 0 Å². The van der Waals surface area contributed by atoms with Crippen LogP contribution in [0.3, 0.4) is 0 Å². The number of hydrogen-bond acceptors (Lipinski definition) is 2. The zero-order valence-corrected chi connectivity index (χ0v) is 14.8. The van der Waals surface area contributed by atoms with Crippen molar-refractivity contribution in [3.05, 3.63) is 85.6 Å². The first kappa shape index (κ1) is 19.9. The summed E-state index contributed by atoms with van der Waals surface area (Å²) in [6.07, 6.45) is 0.675. The topological polar surface area (TPSA) is 34.1 Å². The summed E-state index contributed by atoms with van der Waals surface area (Å²) < 4.78 is 0. The van der Waals surface area contributed by atoms with Crippen molar-refractivity contribution in [2.24, 2.45) is 0 Å². The van der Waals surface area contributed by atoms with Gasteiger partial charge < -0.3 is 13.8 Å². The standard InChI is InChI=1S/2C9H9O.Y/c2*1-2-9(10)8-6-4-3-5-7-8;/h2*3-7H,1-2H2;/q2*-1;. The number of benzene rings is 2. The molecule has 0 bridgehead atoms. The second-order valence-electron chi connectivity index (χ2n) is 4.08. The summed E-state index contributed by atoms with van der Waals surface area (Å²) in [5.41, 5.74) is 1.50. The maximum absolute atomic E-state index is 11.0. The van der Waals surface area contributed by atoms with Crippen LogP contribution in [0.15, 0.2) is 60.7 Å². The van der Waals surface area contributed by atoms with Gasteiger partial charge in [0.2, 0.25) is 0 Å². The van der Waals surface area contributed by atoms with Crippen LogP contribution in [0.2, 0.25) is 0 Å². The van der Waals surface area contributed by atoms with E-state index >= 15 is 0 Å². The third-order valence-corrected chi connectivity index (χ3v) is 2.65. The van der Waals surface area contributed by atoms with Crippen molar-refractivity contribution in [1.29, 1.82) is 0 Å². The van der Waals surface area contributed by atoms with Gasteiger partial charge in [-0.25, -0.2) is 0 Å². The van der Waals surface area contributed by atoms with Crippen molar-refractivity contribution in [2.45, 2.75) is 12.8 Å². The third-order valence-electron chi connectivity index (χ3n) is 2.65. The second kappa shape index (κ2) is 11.5. The van der Waals surface area contributed by atoms with Crippen molar-refractivity contribution in [3.8, 4) is 0 Å². The van der Waals surface area contributed by atoms with Gasteiger partial charge in [0.1, 0.15) is 11.6 Å². The van der Waals surface area contributed by atoms with Crippen molar-refractivity contribution in [1.82, 2.24) is 0 Å². The summed E-state index contributed by atoms with van der Waals surface area (Å²) in [5.74, 6) is 0.196. The molecule has 0 aromatic heterocycles. The van der Waals surface area contributed by atoms with E-state index in [1.807, 2.05) is 36.4 Å². The van der Waals surface area contributed by atoms with E-state index in [0.29, 0.717) is 12.8 Å². The summed E-state index contributed by atoms with van der Waals surface area (Å²) in [6, 6.07) is 18.4. The van der Waals surface area contributed by atoms with Crippen molar-refractivity contribution in [2.75, 3.05) is 0 Å². The van der Waals surface area contributed by atoms with E-state index < -0.39 is 0 Å². The van der Waals surface area contributed by atoms with E-state index in [2.05, 4.69) is 13.8 Å². The molecule has 2 rings (SSSR count). The molecule has 21 heavy (non-hydrogen) atoms. The number of ketones is 2. The van der Waals surface area contributed by atoms with Gasteiger partial charge in [-0.2, -0.15) is 0 Å². The van der Waals surface area contributed by atoms with E-state index in [1.165, 1.54) is 0 Å². The molecule has 0 N–H and O–H groups in total. The first-order valence-electron chi connectivity index (χ1n) is 6.44. The molecule has 0 saturated carbocycles. The van der Waals surface area contributed by atoms with E-state index in [4.69, 9.17) is 0 Å². The molecule has 0 saturated heterocycles. The van der Waals surface area contributed by atoms with Crippen LogP contribution < -0.4 is 0 Å². The zero-order valence-electron chi connectivity index (χ0n) is 12.0. The molecule has 107 valence electrons. The van der Waals surface area contributed by atoms with Gasteiger partial charge >= 0.3 is 0 Å². The second-order valence-corrected chi connectivity index (χ2v) is 4.08. The van der Waals surface area contributed by atoms with Gasteiger partial charge in [0.05, 0.1) is 0 Å². The smallest absolute Gasteiger partial charge is 0.133 e. The number of hydrogen-bond donors (Lipinski definition) is 0. The molecule has 0 heterocycles. The Morgan fingerprint density at radius 3 is 1.19 bits per heavy atom. The predicted octanol–water partition coefficient (Wildman–Crippen LogP) is 4.18. The Balaban J connectivity index is 0.000000364. The summed E-state index contributed by atoms with van der Waals surface area (Å²) >= 11 is 0. The number of rotatable bonds is 4. The van der Waals surface area contributed by atoms with E-state index in [9.17, 15) is 9.59 Å². The fourth-order valence-corrected chi connectivity index (χ4v) is 1.54. The largest absolute Gasteiger partial charge is 0.336 e. The average molecular weight is 355 g/mol. The van der Waals surface area contributed by atoms with Crippen LogP contribution >= 0.6 is 0 Å². The molecule has 1 radical (unpaired) electrons. The van der Waals surface area contributed by atoms with Gasteiger partial charge in [-0.15, -0.1) is 12.8 Å². The fraction of sp³-hybridized carbons (Fsp3) is 0.111. The molecule has 2 nitrogen and oxygen atoms in total. The monoisotopic (exact) mass is 355 g/mol. The van der Waals surface area contributed by atoms with Crippen LogP contribution in [-0.2, 0) is 32.7 Å². The van der Waals surface area contributed by atoms with Gasteiger partial charge in [0.25, 0.3) is 0 Å². The summed E-state index contributed by atoms with van der Waals surface area (Å²) in [4.78, 5) is 21.9. The van der Waals surface area contributed by atoms with Crippen LogP contribution in [0, 0.1) is 13.8 Å². The minimum atomic E-state index is 0. The van der Waals surface area contributed by atoms with E-state index in [0.717, 1.165) is 11.1 Å². The van der Waals surface area contributed by atoms with Gasteiger partial charge in [-0.05, 0) is 0 Å². The molecule has 3 heteroatoms. The first-order valence-corrected chi connectivity index (χ1v) is 6.44. The minimum absolute atomic E-state index is 0. The average Bonchev–Trinajstić information content (AvgIpc) is 2.55. The zero-order chi connectivity index (χ0) is 14.8. The molecule has 0 unspecified atom stereocenters. The number of carbonyl (C=O) groups excluding carboxylic acids is 2. The van der Waals surface area contributed by atoms with Crippen LogP contribution in [0.1, 0.15) is 33.6 Å². The van der Waals surface area contributed by atoms with Gasteiger partial charge in [-0.1, -0.05) is 60.7 Å². The van der Waals surface area contributed by atoms with Gasteiger partial charge in [-0.3, -0.25) is 9.59 Å². The molecule has 0 spiro atoms. The molecule has 2 aromatic carbocycles. The molecule has 0 aliphatic heterocycles. The first-order chi connectivity index (χ1) is 9.69. The molecule has 0 amide bonds. The van der Waals surface area contributed by atoms with Crippen LogP contribution in [-0.4, -0.2) is 11.6 Å². The Morgan fingerprint density at radius 2 is 0.952 bits per heavy atom. The van der Waals surface area contributed by atoms with Crippen molar-refractivity contribution < 1.29 is 42.3 Å². The van der Waals surface area contributed by atoms with E-state index in [1.54, 1.807) is 24.3 Å². The Morgan fingerprint density at radius 1 is 0.667 bits per heavy atom. The van der Waals surface area contributed by atoms with Crippen LogP contribution in [0.25, 0.3) is 0 Å². The molecule has 0 aliphatic rings. The molecule has 0 aliphatic carbocycles. The van der Waals surface area contributed by atoms with Gasteiger partial charge in [0.15, 0.2) is 0 Å². The van der Waals surface area contributed by atoms with Crippen LogP contribution in [0.4, 0.5) is 0 Å². The summed E-state index contributed by atoms with van der Waals surface area (Å²) in [6.45, 7) is 7.02. The maximum Gasteiger partial charge on any atom is 0.133 e. The number of carbonyl (C=O) groups is 2. The Hall–Kier alpha value is -1.12. The Kier molecular flexibility index (Phi) is 10.9. The van der Waals surface area contributed by atoms with Crippen LogP contribution in [0.5, 0.6) is 0 Å². The summed E-state index contributed by atoms with van der Waals surface area (Å²) in [5, 5.41) is 0. The predicted molar refractivity (Wildman–Crippen MR) is 81.5 cm³/mol. The normalized spacial score (nSPS) is 8.86. The molecule has 0 atom stereocenters.